The highest BCUT2D eigenvalue weighted by Gasteiger charge is 2.20. The second-order valence-electron chi connectivity index (χ2n) is 5.40. The van der Waals surface area contributed by atoms with Crippen molar-refractivity contribution in [3.8, 4) is 0 Å². The first-order chi connectivity index (χ1) is 7.61. The van der Waals surface area contributed by atoms with Crippen molar-refractivity contribution in [2.75, 3.05) is 13.7 Å². The Bertz CT molecular complexity index is 177. The van der Waals surface area contributed by atoms with E-state index < -0.39 is 0 Å². The Hall–Kier alpha value is -0.120. The molecule has 1 saturated carbocycles. The number of methoxy groups -OCH3 is 1. The standard InChI is InChI=1S/C13H27NO2/c1-10(2)8-12(15)9-14-11-4-6-13(16-3)7-5-11/h10-15H,4-9H2,1-3H3. The molecule has 0 bridgehead atoms. The molecule has 0 radical (unpaired) electrons. The minimum atomic E-state index is -0.194. The van der Waals surface area contributed by atoms with Crippen LogP contribution >= 0.6 is 0 Å². The Kier molecular flexibility index (Phi) is 6.32. The summed E-state index contributed by atoms with van der Waals surface area (Å²) in [7, 11) is 1.80. The molecule has 2 N–H and O–H groups in total. The second-order valence-corrected chi connectivity index (χ2v) is 5.40. The molecule has 1 aliphatic rings. The van der Waals surface area contributed by atoms with Gasteiger partial charge in [0.15, 0.2) is 0 Å². The summed E-state index contributed by atoms with van der Waals surface area (Å²) >= 11 is 0. The molecule has 96 valence electrons. The van der Waals surface area contributed by atoms with E-state index in [9.17, 15) is 5.11 Å². The van der Waals surface area contributed by atoms with Gasteiger partial charge in [0, 0.05) is 19.7 Å². The van der Waals surface area contributed by atoms with Crippen LogP contribution < -0.4 is 5.32 Å². The number of ether oxygens (including phenoxy) is 1. The fourth-order valence-corrected chi connectivity index (χ4v) is 2.43. The largest absolute Gasteiger partial charge is 0.392 e. The fourth-order valence-electron chi connectivity index (χ4n) is 2.43. The Morgan fingerprint density at radius 2 is 1.88 bits per heavy atom. The monoisotopic (exact) mass is 229 g/mol. The van der Waals surface area contributed by atoms with E-state index in [1.54, 1.807) is 7.11 Å². The third-order valence-electron chi connectivity index (χ3n) is 3.39. The van der Waals surface area contributed by atoms with E-state index in [1.165, 1.54) is 12.8 Å². The average Bonchev–Trinajstić information content (AvgIpc) is 2.26. The fraction of sp³-hybridized carbons (Fsp3) is 1.00. The van der Waals surface area contributed by atoms with Crippen molar-refractivity contribution in [1.29, 1.82) is 0 Å². The van der Waals surface area contributed by atoms with E-state index in [4.69, 9.17) is 4.74 Å². The van der Waals surface area contributed by atoms with Crippen LogP contribution in [0, 0.1) is 5.92 Å². The normalized spacial score (nSPS) is 28.3. The van der Waals surface area contributed by atoms with Crippen molar-refractivity contribution in [1.82, 2.24) is 5.32 Å². The Balaban J connectivity index is 2.10. The van der Waals surface area contributed by atoms with Crippen molar-refractivity contribution in [2.45, 2.75) is 64.2 Å². The topological polar surface area (TPSA) is 41.5 Å². The Morgan fingerprint density at radius 1 is 1.25 bits per heavy atom. The lowest BCUT2D eigenvalue weighted by molar-refractivity contribution is 0.0596. The van der Waals surface area contributed by atoms with Crippen molar-refractivity contribution in [3.05, 3.63) is 0 Å². The van der Waals surface area contributed by atoms with E-state index in [2.05, 4.69) is 19.2 Å². The molecule has 1 unspecified atom stereocenters. The van der Waals surface area contributed by atoms with Gasteiger partial charge in [-0.3, -0.25) is 0 Å². The quantitative estimate of drug-likeness (QED) is 0.731. The van der Waals surface area contributed by atoms with Gasteiger partial charge >= 0.3 is 0 Å². The SMILES string of the molecule is COC1CCC(NCC(O)CC(C)C)CC1. The summed E-state index contributed by atoms with van der Waals surface area (Å²) in [6, 6.07) is 0.577. The number of nitrogens with one attached hydrogen (secondary N) is 1. The zero-order valence-corrected chi connectivity index (χ0v) is 10.9. The summed E-state index contributed by atoms with van der Waals surface area (Å²) in [5, 5.41) is 13.2. The number of aliphatic hydroxyl groups excluding tert-OH is 1. The van der Waals surface area contributed by atoms with Crippen LogP contribution in [0.4, 0.5) is 0 Å². The zero-order valence-electron chi connectivity index (χ0n) is 10.9. The van der Waals surface area contributed by atoms with Gasteiger partial charge in [0.25, 0.3) is 0 Å². The van der Waals surface area contributed by atoms with Gasteiger partial charge < -0.3 is 15.2 Å². The smallest absolute Gasteiger partial charge is 0.0667 e. The molecule has 0 amide bonds. The van der Waals surface area contributed by atoms with Crippen LogP contribution in [-0.4, -0.2) is 37.0 Å². The van der Waals surface area contributed by atoms with E-state index >= 15 is 0 Å². The predicted octanol–water partition coefficient (Wildman–Crippen LogP) is 1.94. The predicted molar refractivity (Wildman–Crippen MR) is 66.5 cm³/mol. The van der Waals surface area contributed by atoms with Crippen LogP contribution in [0.2, 0.25) is 0 Å². The first-order valence-corrected chi connectivity index (χ1v) is 6.56. The molecule has 16 heavy (non-hydrogen) atoms. The Morgan fingerprint density at radius 3 is 2.38 bits per heavy atom. The summed E-state index contributed by atoms with van der Waals surface area (Å²) in [5.74, 6) is 0.570. The summed E-state index contributed by atoms with van der Waals surface area (Å²) in [4.78, 5) is 0. The van der Waals surface area contributed by atoms with Crippen molar-refractivity contribution in [2.24, 2.45) is 5.92 Å². The van der Waals surface area contributed by atoms with Gasteiger partial charge in [-0.05, 0) is 38.0 Å². The third kappa shape index (κ3) is 5.28. The first kappa shape index (κ1) is 13.9. The van der Waals surface area contributed by atoms with Gasteiger partial charge in [-0.1, -0.05) is 13.8 Å². The molecule has 0 spiro atoms. The second kappa shape index (κ2) is 7.25. The summed E-state index contributed by atoms with van der Waals surface area (Å²) in [5.41, 5.74) is 0. The maximum absolute atomic E-state index is 9.76. The molecular formula is C13H27NO2. The van der Waals surface area contributed by atoms with Crippen molar-refractivity contribution < 1.29 is 9.84 Å². The molecule has 0 aromatic rings. The summed E-state index contributed by atoms with van der Waals surface area (Å²) in [6.45, 7) is 5.03. The van der Waals surface area contributed by atoms with Gasteiger partial charge in [0.05, 0.1) is 12.2 Å². The van der Waals surface area contributed by atoms with Gasteiger partial charge in [-0.25, -0.2) is 0 Å². The summed E-state index contributed by atoms with van der Waals surface area (Å²) in [6.07, 6.45) is 5.79. The van der Waals surface area contributed by atoms with Crippen LogP contribution in [0.15, 0.2) is 0 Å². The van der Waals surface area contributed by atoms with Crippen LogP contribution in [0.25, 0.3) is 0 Å². The molecule has 3 heteroatoms. The highest BCUT2D eigenvalue weighted by Crippen LogP contribution is 2.20. The average molecular weight is 229 g/mol. The van der Waals surface area contributed by atoms with Gasteiger partial charge in [-0.15, -0.1) is 0 Å². The summed E-state index contributed by atoms with van der Waals surface area (Å²) < 4.78 is 5.34. The molecule has 3 nitrogen and oxygen atoms in total. The van der Waals surface area contributed by atoms with Crippen LogP contribution in [0.3, 0.4) is 0 Å². The molecule has 0 heterocycles. The lowest BCUT2D eigenvalue weighted by atomic mass is 9.92. The van der Waals surface area contributed by atoms with Gasteiger partial charge in [-0.2, -0.15) is 0 Å². The van der Waals surface area contributed by atoms with Gasteiger partial charge in [0.1, 0.15) is 0 Å². The Labute approximate surface area is 99.6 Å². The van der Waals surface area contributed by atoms with E-state index in [-0.39, 0.29) is 6.10 Å². The molecule has 0 aromatic heterocycles. The number of rotatable bonds is 6. The lowest BCUT2D eigenvalue weighted by Crippen LogP contribution is -2.39. The molecule has 1 fully saturated rings. The molecule has 0 saturated heterocycles. The number of aliphatic hydroxyl groups is 1. The molecule has 1 rings (SSSR count). The zero-order chi connectivity index (χ0) is 12.0. The van der Waals surface area contributed by atoms with E-state index in [1.807, 2.05) is 0 Å². The molecule has 1 aliphatic carbocycles. The highest BCUT2D eigenvalue weighted by molar-refractivity contribution is 4.78. The van der Waals surface area contributed by atoms with Crippen molar-refractivity contribution >= 4 is 0 Å². The highest BCUT2D eigenvalue weighted by atomic mass is 16.5. The van der Waals surface area contributed by atoms with Gasteiger partial charge in [0.2, 0.25) is 0 Å². The third-order valence-corrected chi connectivity index (χ3v) is 3.39. The van der Waals surface area contributed by atoms with Crippen molar-refractivity contribution in [3.63, 3.8) is 0 Å². The van der Waals surface area contributed by atoms with Crippen LogP contribution in [0.1, 0.15) is 46.0 Å². The maximum atomic E-state index is 9.76. The van der Waals surface area contributed by atoms with Crippen LogP contribution in [0.5, 0.6) is 0 Å². The molecule has 0 aliphatic heterocycles. The van der Waals surface area contributed by atoms with E-state index in [0.29, 0.717) is 18.1 Å². The maximum Gasteiger partial charge on any atom is 0.0667 e. The number of hydrogen-bond donors (Lipinski definition) is 2. The first-order valence-electron chi connectivity index (χ1n) is 6.56. The van der Waals surface area contributed by atoms with Crippen LogP contribution in [-0.2, 0) is 4.74 Å². The lowest BCUT2D eigenvalue weighted by Gasteiger charge is -2.29. The molecule has 0 aromatic carbocycles. The molecule has 1 atom stereocenters. The minimum absolute atomic E-state index is 0.194. The number of hydrogen-bond acceptors (Lipinski definition) is 3. The molecular weight excluding hydrogens is 202 g/mol. The van der Waals surface area contributed by atoms with E-state index in [0.717, 1.165) is 25.8 Å². The minimum Gasteiger partial charge on any atom is -0.392 e.